The molecule has 0 radical (unpaired) electrons. The number of hydrogen-bond donors (Lipinski definition) is 1. The van der Waals surface area contributed by atoms with Gasteiger partial charge in [-0.15, -0.1) is 0 Å². The fourth-order valence-electron chi connectivity index (χ4n) is 3.06. The predicted molar refractivity (Wildman–Crippen MR) is 79.7 cm³/mol. The maximum Gasteiger partial charge on any atom is 0.255 e. The molecule has 0 bridgehead atoms. The fourth-order valence-corrected chi connectivity index (χ4v) is 3.06. The van der Waals surface area contributed by atoms with E-state index in [0.29, 0.717) is 12.6 Å². The van der Waals surface area contributed by atoms with Crippen molar-refractivity contribution in [3.05, 3.63) is 33.7 Å². The van der Waals surface area contributed by atoms with Crippen LogP contribution in [0.15, 0.2) is 16.9 Å². The van der Waals surface area contributed by atoms with Gasteiger partial charge in [-0.25, -0.2) is 0 Å². The van der Waals surface area contributed by atoms with Gasteiger partial charge < -0.3 is 9.88 Å². The predicted octanol–water partition coefficient (Wildman–Crippen LogP) is 2.98. The second-order valence-corrected chi connectivity index (χ2v) is 6.64. The second-order valence-electron chi connectivity index (χ2n) is 6.64. The van der Waals surface area contributed by atoms with Crippen molar-refractivity contribution >= 4 is 0 Å². The zero-order valence-corrected chi connectivity index (χ0v) is 12.6. The van der Waals surface area contributed by atoms with Gasteiger partial charge in [0.1, 0.15) is 0 Å². The average molecular weight is 262 g/mol. The molecule has 0 spiro atoms. The van der Waals surface area contributed by atoms with E-state index < -0.39 is 0 Å². The SMILES string of the molecule is CNCc1ccc(C(C)(C)C)n(C2CCCC2)c1=O. The lowest BCUT2D eigenvalue weighted by molar-refractivity contribution is 0.428. The average Bonchev–Trinajstić information content (AvgIpc) is 2.83. The highest BCUT2D eigenvalue weighted by Crippen LogP contribution is 2.32. The Morgan fingerprint density at radius 3 is 2.42 bits per heavy atom. The van der Waals surface area contributed by atoms with Crippen LogP contribution in [0.4, 0.5) is 0 Å². The minimum Gasteiger partial charge on any atom is -0.315 e. The maximum absolute atomic E-state index is 12.7. The molecule has 1 aliphatic carbocycles. The maximum atomic E-state index is 12.7. The summed E-state index contributed by atoms with van der Waals surface area (Å²) in [6.45, 7) is 7.21. The van der Waals surface area contributed by atoms with Crippen LogP contribution in [-0.4, -0.2) is 11.6 Å². The molecule has 0 unspecified atom stereocenters. The van der Waals surface area contributed by atoms with Crippen molar-refractivity contribution < 1.29 is 0 Å². The zero-order chi connectivity index (χ0) is 14.0. The number of aromatic nitrogens is 1. The highest BCUT2D eigenvalue weighted by atomic mass is 16.1. The summed E-state index contributed by atoms with van der Waals surface area (Å²) in [5.74, 6) is 0. The molecule has 0 atom stereocenters. The lowest BCUT2D eigenvalue weighted by Gasteiger charge is -2.28. The molecule has 3 heteroatoms. The van der Waals surface area contributed by atoms with Gasteiger partial charge >= 0.3 is 0 Å². The molecule has 1 fully saturated rings. The van der Waals surface area contributed by atoms with Gasteiger partial charge in [-0.1, -0.05) is 39.7 Å². The molecular weight excluding hydrogens is 236 g/mol. The van der Waals surface area contributed by atoms with Crippen molar-refractivity contribution in [3.63, 3.8) is 0 Å². The summed E-state index contributed by atoms with van der Waals surface area (Å²) in [5, 5.41) is 3.09. The molecule has 106 valence electrons. The van der Waals surface area contributed by atoms with Crippen LogP contribution in [0.25, 0.3) is 0 Å². The number of hydrogen-bond acceptors (Lipinski definition) is 2. The van der Waals surface area contributed by atoms with Gasteiger partial charge in [0.2, 0.25) is 0 Å². The van der Waals surface area contributed by atoms with Crippen molar-refractivity contribution in [1.29, 1.82) is 0 Å². The molecule has 0 saturated heterocycles. The Balaban J connectivity index is 2.56. The van der Waals surface area contributed by atoms with Crippen LogP contribution in [0.2, 0.25) is 0 Å². The molecule has 1 N–H and O–H groups in total. The Hall–Kier alpha value is -1.09. The third-order valence-corrected chi connectivity index (χ3v) is 4.02. The lowest BCUT2D eigenvalue weighted by Crippen LogP contribution is -2.34. The molecule has 1 aromatic rings. The highest BCUT2D eigenvalue weighted by molar-refractivity contribution is 5.22. The summed E-state index contributed by atoms with van der Waals surface area (Å²) < 4.78 is 2.08. The molecule has 0 aromatic carbocycles. The molecule has 1 saturated carbocycles. The monoisotopic (exact) mass is 262 g/mol. The zero-order valence-electron chi connectivity index (χ0n) is 12.6. The first-order valence-electron chi connectivity index (χ1n) is 7.34. The Bertz CT molecular complexity index is 490. The van der Waals surface area contributed by atoms with Crippen LogP contribution in [-0.2, 0) is 12.0 Å². The van der Waals surface area contributed by atoms with Gasteiger partial charge in [-0.3, -0.25) is 4.79 Å². The van der Waals surface area contributed by atoms with Gasteiger partial charge in [0.15, 0.2) is 0 Å². The smallest absolute Gasteiger partial charge is 0.255 e. The largest absolute Gasteiger partial charge is 0.315 e. The van der Waals surface area contributed by atoms with E-state index in [2.05, 4.69) is 36.7 Å². The van der Waals surface area contributed by atoms with Crippen LogP contribution >= 0.6 is 0 Å². The summed E-state index contributed by atoms with van der Waals surface area (Å²) in [4.78, 5) is 12.7. The van der Waals surface area contributed by atoms with E-state index in [-0.39, 0.29) is 11.0 Å². The normalized spacial score (nSPS) is 17.1. The van der Waals surface area contributed by atoms with E-state index >= 15 is 0 Å². The van der Waals surface area contributed by atoms with Crippen LogP contribution in [0.5, 0.6) is 0 Å². The third-order valence-electron chi connectivity index (χ3n) is 4.02. The van der Waals surface area contributed by atoms with Gasteiger partial charge in [0.05, 0.1) is 0 Å². The topological polar surface area (TPSA) is 34.0 Å². The molecule has 0 aliphatic heterocycles. The lowest BCUT2D eigenvalue weighted by atomic mass is 9.90. The van der Waals surface area contributed by atoms with Gasteiger partial charge in [0.25, 0.3) is 5.56 Å². The van der Waals surface area contributed by atoms with Crippen molar-refractivity contribution in [2.75, 3.05) is 7.05 Å². The summed E-state index contributed by atoms with van der Waals surface area (Å²) in [6, 6.07) is 4.54. The molecule has 1 aromatic heterocycles. The third kappa shape index (κ3) is 2.92. The first-order chi connectivity index (χ1) is 8.95. The van der Waals surface area contributed by atoms with E-state index in [1.165, 1.54) is 18.5 Å². The van der Waals surface area contributed by atoms with Crippen LogP contribution < -0.4 is 10.9 Å². The molecule has 0 amide bonds. The van der Waals surface area contributed by atoms with Crippen LogP contribution in [0.3, 0.4) is 0 Å². The molecule has 19 heavy (non-hydrogen) atoms. The Morgan fingerprint density at radius 1 is 1.26 bits per heavy atom. The number of pyridine rings is 1. The van der Waals surface area contributed by atoms with Crippen molar-refractivity contribution in [1.82, 2.24) is 9.88 Å². The first kappa shape index (κ1) is 14.3. The molecule has 1 heterocycles. The van der Waals surface area contributed by atoms with Gasteiger partial charge in [-0.05, 0) is 26.0 Å². The quantitative estimate of drug-likeness (QED) is 0.908. The van der Waals surface area contributed by atoms with E-state index in [4.69, 9.17) is 0 Å². The standard InChI is InChI=1S/C16H26N2O/c1-16(2,3)14-10-9-12(11-17-4)15(19)18(14)13-7-5-6-8-13/h9-10,13,17H,5-8,11H2,1-4H3. The van der Waals surface area contributed by atoms with Crippen molar-refractivity contribution in [3.8, 4) is 0 Å². The van der Waals surface area contributed by atoms with Crippen molar-refractivity contribution in [2.45, 2.75) is 64.5 Å². The van der Waals surface area contributed by atoms with Crippen LogP contribution in [0, 0.1) is 0 Å². The number of nitrogens with zero attached hydrogens (tertiary/aromatic N) is 1. The number of nitrogens with one attached hydrogen (secondary N) is 1. The minimum atomic E-state index is 0.0138. The Morgan fingerprint density at radius 2 is 1.89 bits per heavy atom. The molecule has 3 nitrogen and oxygen atoms in total. The van der Waals surface area contributed by atoms with E-state index in [1.54, 1.807) is 0 Å². The summed E-state index contributed by atoms with van der Waals surface area (Å²) in [7, 11) is 1.89. The summed E-state index contributed by atoms with van der Waals surface area (Å²) >= 11 is 0. The summed E-state index contributed by atoms with van der Waals surface area (Å²) in [5.41, 5.74) is 2.26. The van der Waals surface area contributed by atoms with Crippen LogP contribution in [0.1, 0.15) is 63.8 Å². The second kappa shape index (κ2) is 5.49. The number of rotatable bonds is 3. The van der Waals surface area contributed by atoms with Gasteiger partial charge in [0, 0.05) is 29.3 Å². The van der Waals surface area contributed by atoms with E-state index in [9.17, 15) is 4.79 Å². The fraction of sp³-hybridized carbons (Fsp3) is 0.688. The van der Waals surface area contributed by atoms with Crippen molar-refractivity contribution in [2.24, 2.45) is 0 Å². The van der Waals surface area contributed by atoms with E-state index in [1.807, 2.05) is 13.1 Å². The summed E-state index contributed by atoms with van der Waals surface area (Å²) in [6.07, 6.45) is 4.78. The molecular formula is C16H26N2O. The van der Waals surface area contributed by atoms with Gasteiger partial charge in [-0.2, -0.15) is 0 Å². The Labute approximate surface area is 116 Å². The molecule has 1 aliphatic rings. The minimum absolute atomic E-state index is 0.0138. The first-order valence-corrected chi connectivity index (χ1v) is 7.34. The van der Waals surface area contributed by atoms with E-state index in [0.717, 1.165) is 18.4 Å². The molecule has 2 rings (SSSR count). The highest BCUT2D eigenvalue weighted by Gasteiger charge is 2.26. The Kier molecular flexibility index (Phi) is 4.14.